The van der Waals surface area contributed by atoms with Crippen LogP contribution in [0.15, 0.2) is 78.9 Å². The van der Waals surface area contributed by atoms with Crippen LogP contribution in [-0.4, -0.2) is 17.6 Å². The van der Waals surface area contributed by atoms with Gasteiger partial charge in [-0.05, 0) is 60.6 Å². The number of carbonyl (C=O) groups is 1. The van der Waals surface area contributed by atoms with Gasteiger partial charge in [0.05, 0.1) is 12.3 Å². The molecule has 5 nitrogen and oxygen atoms in total. The Labute approximate surface area is 182 Å². The van der Waals surface area contributed by atoms with Gasteiger partial charge in [-0.3, -0.25) is 10.1 Å². The van der Waals surface area contributed by atoms with Crippen molar-refractivity contribution < 1.29 is 14.3 Å². The highest BCUT2D eigenvalue weighted by atomic mass is 32.1. The summed E-state index contributed by atoms with van der Waals surface area (Å²) in [6, 6.07) is 24.3. The summed E-state index contributed by atoms with van der Waals surface area (Å²) in [5, 5.41) is 5.93. The Morgan fingerprint density at radius 1 is 0.900 bits per heavy atom. The molecule has 3 aromatic carbocycles. The molecule has 3 aromatic rings. The third kappa shape index (κ3) is 6.32. The lowest BCUT2D eigenvalue weighted by Gasteiger charge is -2.14. The van der Waals surface area contributed by atoms with E-state index in [1.54, 1.807) is 24.3 Å². The van der Waals surface area contributed by atoms with Crippen LogP contribution in [0.25, 0.3) is 0 Å². The smallest absolute Gasteiger partial charge is 0.257 e. The number of carbonyl (C=O) groups excluding carboxylic acids is 1. The zero-order valence-corrected chi connectivity index (χ0v) is 17.6. The Morgan fingerprint density at radius 2 is 1.60 bits per heavy atom. The number of anilines is 1. The third-order valence-corrected chi connectivity index (χ3v) is 4.39. The molecule has 0 unspecified atom stereocenters. The van der Waals surface area contributed by atoms with Gasteiger partial charge in [0.1, 0.15) is 18.1 Å². The van der Waals surface area contributed by atoms with E-state index in [1.807, 2.05) is 61.5 Å². The van der Waals surface area contributed by atoms with E-state index >= 15 is 0 Å². The first-order valence-corrected chi connectivity index (χ1v) is 10.2. The monoisotopic (exact) mass is 420 g/mol. The minimum atomic E-state index is -0.294. The van der Waals surface area contributed by atoms with Crippen LogP contribution in [0.4, 0.5) is 5.69 Å². The maximum absolute atomic E-state index is 12.5. The largest absolute Gasteiger partial charge is 0.494 e. The number of amides is 1. The molecule has 3 rings (SSSR count). The van der Waals surface area contributed by atoms with Crippen LogP contribution < -0.4 is 20.1 Å². The molecule has 0 saturated carbocycles. The summed E-state index contributed by atoms with van der Waals surface area (Å²) in [4.78, 5) is 12.5. The number of hydrogen-bond acceptors (Lipinski definition) is 4. The average Bonchev–Trinajstić information content (AvgIpc) is 2.78. The zero-order chi connectivity index (χ0) is 21.2. The molecule has 0 saturated heterocycles. The Kier molecular flexibility index (Phi) is 7.80. The molecular weight excluding hydrogens is 396 g/mol. The molecule has 0 aliphatic rings. The topological polar surface area (TPSA) is 59.6 Å². The molecule has 1 amide bonds. The lowest BCUT2D eigenvalue weighted by atomic mass is 10.2. The van der Waals surface area contributed by atoms with Crippen molar-refractivity contribution in [2.45, 2.75) is 20.0 Å². The highest BCUT2D eigenvalue weighted by molar-refractivity contribution is 7.80. The van der Waals surface area contributed by atoms with Crippen molar-refractivity contribution in [2.75, 3.05) is 11.9 Å². The summed E-state index contributed by atoms with van der Waals surface area (Å²) in [6.07, 6.45) is 0.929. The molecule has 0 radical (unpaired) electrons. The molecule has 6 heteroatoms. The summed E-state index contributed by atoms with van der Waals surface area (Å²) in [6.45, 7) is 3.12. The van der Waals surface area contributed by atoms with E-state index in [2.05, 4.69) is 10.6 Å². The van der Waals surface area contributed by atoms with Crippen LogP contribution in [0.2, 0.25) is 0 Å². The lowest BCUT2D eigenvalue weighted by molar-refractivity contribution is 0.0977. The Hall–Kier alpha value is -3.38. The fraction of sp³-hybridized carbons (Fsp3) is 0.167. The molecular formula is C24H24N2O3S. The number of thiocarbonyl (C=S) groups is 1. The number of hydrogen-bond donors (Lipinski definition) is 2. The van der Waals surface area contributed by atoms with Gasteiger partial charge in [-0.1, -0.05) is 49.4 Å². The van der Waals surface area contributed by atoms with Crippen molar-refractivity contribution in [3.8, 4) is 11.5 Å². The lowest BCUT2D eigenvalue weighted by Crippen LogP contribution is -2.34. The standard InChI is InChI=1S/C24H24N2O3S/c1-2-16-28-20-14-12-19(13-15-20)23(27)26-24(30)25-21-10-6-7-11-22(21)29-17-18-8-4-3-5-9-18/h3-15H,2,16-17H2,1H3,(H2,25,26,27,30). The second kappa shape index (κ2) is 11.0. The van der Waals surface area contributed by atoms with Crippen LogP contribution in [-0.2, 0) is 6.61 Å². The van der Waals surface area contributed by atoms with Gasteiger partial charge in [0.2, 0.25) is 0 Å². The van der Waals surface area contributed by atoms with Crippen molar-refractivity contribution in [1.29, 1.82) is 0 Å². The average molecular weight is 421 g/mol. The van der Waals surface area contributed by atoms with E-state index in [1.165, 1.54) is 0 Å². The maximum atomic E-state index is 12.5. The second-order valence-electron chi connectivity index (χ2n) is 6.55. The molecule has 0 atom stereocenters. The van der Waals surface area contributed by atoms with E-state index in [-0.39, 0.29) is 11.0 Å². The fourth-order valence-electron chi connectivity index (χ4n) is 2.68. The van der Waals surface area contributed by atoms with Gasteiger partial charge >= 0.3 is 0 Å². The molecule has 0 aliphatic heterocycles. The summed E-state index contributed by atoms with van der Waals surface area (Å²) in [7, 11) is 0. The highest BCUT2D eigenvalue weighted by Crippen LogP contribution is 2.24. The molecule has 0 fully saturated rings. The first-order chi connectivity index (χ1) is 14.7. The zero-order valence-electron chi connectivity index (χ0n) is 16.8. The molecule has 0 spiro atoms. The van der Waals surface area contributed by atoms with E-state index in [0.29, 0.717) is 30.2 Å². The fourth-order valence-corrected chi connectivity index (χ4v) is 2.89. The molecule has 0 aliphatic carbocycles. The van der Waals surface area contributed by atoms with Crippen molar-refractivity contribution in [3.63, 3.8) is 0 Å². The SMILES string of the molecule is CCCOc1ccc(C(=O)NC(=S)Nc2ccccc2OCc2ccccc2)cc1. The van der Waals surface area contributed by atoms with Crippen molar-refractivity contribution in [2.24, 2.45) is 0 Å². The van der Waals surface area contributed by atoms with E-state index in [9.17, 15) is 4.79 Å². The number of benzene rings is 3. The summed E-state index contributed by atoms with van der Waals surface area (Å²) in [5.41, 5.74) is 2.24. The highest BCUT2D eigenvalue weighted by Gasteiger charge is 2.10. The van der Waals surface area contributed by atoms with E-state index in [4.69, 9.17) is 21.7 Å². The predicted octanol–water partition coefficient (Wildman–Crippen LogP) is 5.18. The number of para-hydroxylation sites is 2. The van der Waals surface area contributed by atoms with Gasteiger partial charge in [-0.25, -0.2) is 0 Å². The minimum absolute atomic E-state index is 0.196. The Bertz CT molecular complexity index is 975. The summed E-state index contributed by atoms with van der Waals surface area (Å²) in [5.74, 6) is 1.09. The van der Waals surface area contributed by atoms with Crippen LogP contribution >= 0.6 is 12.2 Å². The Morgan fingerprint density at radius 3 is 2.33 bits per heavy atom. The molecule has 30 heavy (non-hydrogen) atoms. The number of nitrogens with one attached hydrogen (secondary N) is 2. The number of ether oxygens (including phenoxy) is 2. The molecule has 2 N–H and O–H groups in total. The van der Waals surface area contributed by atoms with Gasteiger partial charge in [0.25, 0.3) is 5.91 Å². The maximum Gasteiger partial charge on any atom is 0.257 e. The van der Waals surface area contributed by atoms with Crippen molar-refractivity contribution >= 4 is 28.9 Å². The number of rotatable bonds is 8. The van der Waals surface area contributed by atoms with Gasteiger partial charge in [0, 0.05) is 5.56 Å². The predicted molar refractivity (Wildman–Crippen MR) is 123 cm³/mol. The third-order valence-electron chi connectivity index (χ3n) is 4.19. The summed E-state index contributed by atoms with van der Waals surface area (Å²) >= 11 is 5.31. The minimum Gasteiger partial charge on any atom is -0.494 e. The van der Waals surface area contributed by atoms with Crippen molar-refractivity contribution in [1.82, 2.24) is 5.32 Å². The first-order valence-electron chi connectivity index (χ1n) is 9.76. The second-order valence-corrected chi connectivity index (χ2v) is 6.96. The van der Waals surface area contributed by atoms with E-state index in [0.717, 1.165) is 17.7 Å². The molecule has 0 aromatic heterocycles. The van der Waals surface area contributed by atoms with Crippen LogP contribution in [0.5, 0.6) is 11.5 Å². The van der Waals surface area contributed by atoms with Crippen molar-refractivity contribution in [3.05, 3.63) is 90.0 Å². The van der Waals surface area contributed by atoms with Gasteiger partial charge in [-0.15, -0.1) is 0 Å². The van der Waals surface area contributed by atoms with Gasteiger partial charge in [-0.2, -0.15) is 0 Å². The molecule has 154 valence electrons. The van der Waals surface area contributed by atoms with Crippen LogP contribution in [0.3, 0.4) is 0 Å². The molecule has 0 bridgehead atoms. The van der Waals surface area contributed by atoms with Crippen LogP contribution in [0.1, 0.15) is 29.3 Å². The normalized spacial score (nSPS) is 10.2. The Balaban J connectivity index is 1.57. The first kappa shape index (κ1) is 21.3. The van der Waals surface area contributed by atoms with E-state index < -0.39 is 0 Å². The van der Waals surface area contributed by atoms with Crippen LogP contribution in [0, 0.1) is 0 Å². The summed E-state index contributed by atoms with van der Waals surface area (Å²) < 4.78 is 11.4. The van der Waals surface area contributed by atoms with Gasteiger partial charge in [0.15, 0.2) is 5.11 Å². The van der Waals surface area contributed by atoms with Gasteiger partial charge < -0.3 is 14.8 Å². The quantitative estimate of drug-likeness (QED) is 0.492. The molecule has 0 heterocycles.